The number of fused-ring (bicyclic) bond motifs is 1. The van der Waals surface area contributed by atoms with Gasteiger partial charge in [-0.25, -0.2) is 0 Å². The second kappa shape index (κ2) is 3.07. The fourth-order valence-corrected chi connectivity index (χ4v) is 3.18. The van der Waals surface area contributed by atoms with Crippen molar-refractivity contribution in [3.8, 4) is 0 Å². The van der Waals surface area contributed by atoms with Crippen LogP contribution in [0.4, 0.5) is 0 Å². The van der Waals surface area contributed by atoms with Crippen LogP contribution >= 0.6 is 11.3 Å². The number of aryl methyl sites for hydroxylation is 2. The lowest BCUT2D eigenvalue weighted by molar-refractivity contribution is 0.136. The van der Waals surface area contributed by atoms with Gasteiger partial charge in [0.25, 0.3) is 0 Å². The third-order valence-corrected chi connectivity index (χ3v) is 4.27. The van der Waals surface area contributed by atoms with E-state index in [4.69, 9.17) is 0 Å². The van der Waals surface area contributed by atoms with Crippen molar-refractivity contribution in [1.29, 1.82) is 0 Å². The fourth-order valence-electron chi connectivity index (χ4n) is 2.10. The normalized spacial score (nSPS) is 17.5. The van der Waals surface area contributed by atoms with Gasteiger partial charge in [0.1, 0.15) is 0 Å². The molecule has 0 aromatic carbocycles. The summed E-state index contributed by atoms with van der Waals surface area (Å²) in [5.74, 6) is 0. The summed E-state index contributed by atoms with van der Waals surface area (Å²) in [5, 5.41) is 0. The smallest absolute Gasteiger partial charge is 0.0256 e. The van der Waals surface area contributed by atoms with Gasteiger partial charge in [-0.15, -0.1) is 11.3 Å². The molecule has 2 heteroatoms. The SMILES string of the molecule is Cc1sc(C)c2c1CN(C(C)(C)C)C2. The number of hydrogen-bond donors (Lipinski definition) is 0. The van der Waals surface area contributed by atoms with Crippen molar-refractivity contribution in [2.45, 2.75) is 53.2 Å². The van der Waals surface area contributed by atoms with Crippen LogP contribution in [0.3, 0.4) is 0 Å². The van der Waals surface area contributed by atoms with Crippen LogP contribution in [0, 0.1) is 13.8 Å². The third-order valence-electron chi connectivity index (χ3n) is 3.17. The Bertz CT molecular complexity index is 331. The molecule has 14 heavy (non-hydrogen) atoms. The van der Waals surface area contributed by atoms with Crippen molar-refractivity contribution in [1.82, 2.24) is 4.90 Å². The molecule has 0 aliphatic carbocycles. The Morgan fingerprint density at radius 2 is 1.43 bits per heavy atom. The van der Waals surface area contributed by atoms with Gasteiger partial charge in [-0.1, -0.05) is 0 Å². The highest BCUT2D eigenvalue weighted by Gasteiger charge is 2.30. The molecule has 0 spiro atoms. The lowest BCUT2D eigenvalue weighted by atomic mass is 10.1. The zero-order chi connectivity index (χ0) is 10.5. The van der Waals surface area contributed by atoms with Crippen LogP contribution in [-0.4, -0.2) is 10.4 Å². The number of thiophene rings is 1. The minimum absolute atomic E-state index is 0.301. The minimum Gasteiger partial charge on any atom is -0.290 e. The summed E-state index contributed by atoms with van der Waals surface area (Å²) in [6.45, 7) is 13.7. The number of hydrogen-bond acceptors (Lipinski definition) is 2. The highest BCUT2D eigenvalue weighted by Crippen LogP contribution is 2.37. The molecule has 2 heterocycles. The largest absolute Gasteiger partial charge is 0.290 e. The van der Waals surface area contributed by atoms with E-state index in [-0.39, 0.29) is 0 Å². The molecular formula is C12H19NS. The molecule has 0 radical (unpaired) electrons. The first-order chi connectivity index (χ1) is 6.39. The van der Waals surface area contributed by atoms with Crippen LogP contribution in [0.25, 0.3) is 0 Å². The quantitative estimate of drug-likeness (QED) is 0.632. The van der Waals surface area contributed by atoms with Crippen molar-refractivity contribution in [3.63, 3.8) is 0 Å². The maximum absolute atomic E-state index is 2.56. The summed E-state index contributed by atoms with van der Waals surface area (Å²) in [5.41, 5.74) is 3.50. The number of rotatable bonds is 0. The second-order valence-electron chi connectivity index (χ2n) is 5.20. The van der Waals surface area contributed by atoms with Crippen LogP contribution in [0.15, 0.2) is 0 Å². The first-order valence-corrected chi connectivity index (χ1v) is 6.04. The van der Waals surface area contributed by atoms with Gasteiger partial charge < -0.3 is 0 Å². The first-order valence-electron chi connectivity index (χ1n) is 5.22. The lowest BCUT2D eigenvalue weighted by Gasteiger charge is -2.31. The van der Waals surface area contributed by atoms with Gasteiger partial charge in [-0.3, -0.25) is 4.90 Å². The van der Waals surface area contributed by atoms with E-state index in [2.05, 4.69) is 39.5 Å². The average Bonchev–Trinajstić information content (AvgIpc) is 2.53. The summed E-state index contributed by atoms with van der Waals surface area (Å²) >= 11 is 1.96. The zero-order valence-electron chi connectivity index (χ0n) is 9.77. The predicted octanol–water partition coefficient (Wildman–Crippen LogP) is 3.48. The lowest BCUT2D eigenvalue weighted by Crippen LogP contribution is -2.37. The molecule has 2 rings (SSSR count). The Balaban J connectivity index is 2.31. The maximum atomic E-state index is 2.56. The second-order valence-corrected chi connectivity index (χ2v) is 6.63. The maximum Gasteiger partial charge on any atom is 0.0256 e. The summed E-state index contributed by atoms with van der Waals surface area (Å²) in [7, 11) is 0. The monoisotopic (exact) mass is 209 g/mol. The molecular weight excluding hydrogens is 190 g/mol. The Kier molecular flexibility index (Phi) is 2.24. The van der Waals surface area contributed by atoms with Crippen molar-refractivity contribution in [2.75, 3.05) is 0 Å². The fraction of sp³-hybridized carbons (Fsp3) is 0.667. The van der Waals surface area contributed by atoms with E-state index in [9.17, 15) is 0 Å². The van der Waals surface area contributed by atoms with E-state index in [1.807, 2.05) is 11.3 Å². The van der Waals surface area contributed by atoms with E-state index >= 15 is 0 Å². The molecule has 78 valence electrons. The summed E-state index contributed by atoms with van der Waals surface area (Å²) in [4.78, 5) is 5.60. The zero-order valence-corrected chi connectivity index (χ0v) is 10.6. The van der Waals surface area contributed by atoms with Gasteiger partial charge in [0.15, 0.2) is 0 Å². The molecule has 0 amide bonds. The molecule has 0 saturated heterocycles. The standard InChI is InChI=1S/C12H19NS/c1-8-10-6-13(12(3,4)5)7-11(10)9(2)14-8/h6-7H2,1-5H3. The van der Waals surface area contributed by atoms with Gasteiger partial charge in [-0.05, 0) is 45.7 Å². The Morgan fingerprint density at radius 3 is 1.79 bits per heavy atom. The van der Waals surface area contributed by atoms with Crippen molar-refractivity contribution in [2.24, 2.45) is 0 Å². The molecule has 0 unspecified atom stereocenters. The molecule has 1 aliphatic heterocycles. The number of nitrogens with zero attached hydrogens (tertiary/aromatic N) is 1. The molecule has 1 aromatic heterocycles. The van der Waals surface area contributed by atoms with Gasteiger partial charge in [-0.2, -0.15) is 0 Å². The minimum atomic E-state index is 0.301. The van der Waals surface area contributed by atoms with Gasteiger partial charge >= 0.3 is 0 Å². The van der Waals surface area contributed by atoms with Crippen molar-refractivity contribution < 1.29 is 0 Å². The highest BCUT2D eigenvalue weighted by atomic mass is 32.1. The predicted molar refractivity (Wildman–Crippen MR) is 62.8 cm³/mol. The molecule has 1 aliphatic rings. The van der Waals surface area contributed by atoms with E-state index < -0.39 is 0 Å². The molecule has 0 saturated carbocycles. The van der Waals surface area contributed by atoms with Crippen LogP contribution in [0.2, 0.25) is 0 Å². The Hall–Kier alpha value is -0.340. The van der Waals surface area contributed by atoms with Gasteiger partial charge in [0.2, 0.25) is 0 Å². The highest BCUT2D eigenvalue weighted by molar-refractivity contribution is 7.12. The summed E-state index contributed by atoms with van der Waals surface area (Å²) < 4.78 is 0. The summed E-state index contributed by atoms with van der Waals surface area (Å²) in [6, 6.07) is 0. The molecule has 0 atom stereocenters. The third kappa shape index (κ3) is 1.51. The molecule has 0 fully saturated rings. The van der Waals surface area contributed by atoms with E-state index in [1.165, 1.54) is 9.75 Å². The Morgan fingerprint density at radius 1 is 1.00 bits per heavy atom. The van der Waals surface area contributed by atoms with Gasteiger partial charge in [0.05, 0.1) is 0 Å². The van der Waals surface area contributed by atoms with Crippen LogP contribution < -0.4 is 0 Å². The molecule has 0 bridgehead atoms. The van der Waals surface area contributed by atoms with Crippen LogP contribution in [0.5, 0.6) is 0 Å². The average molecular weight is 209 g/mol. The topological polar surface area (TPSA) is 3.24 Å². The van der Waals surface area contributed by atoms with E-state index in [0.717, 1.165) is 13.1 Å². The van der Waals surface area contributed by atoms with Crippen molar-refractivity contribution in [3.05, 3.63) is 20.9 Å². The summed E-state index contributed by atoms with van der Waals surface area (Å²) in [6.07, 6.45) is 0. The molecule has 1 aromatic rings. The van der Waals surface area contributed by atoms with Crippen LogP contribution in [0.1, 0.15) is 41.7 Å². The van der Waals surface area contributed by atoms with Crippen molar-refractivity contribution >= 4 is 11.3 Å². The Labute approximate surface area is 90.7 Å². The first kappa shape index (κ1) is 10.2. The molecule has 0 N–H and O–H groups in total. The van der Waals surface area contributed by atoms with E-state index in [1.54, 1.807) is 11.1 Å². The van der Waals surface area contributed by atoms with Crippen LogP contribution in [-0.2, 0) is 13.1 Å². The van der Waals surface area contributed by atoms with Gasteiger partial charge in [0, 0.05) is 28.4 Å². The molecule has 1 nitrogen and oxygen atoms in total. The van der Waals surface area contributed by atoms with E-state index in [0.29, 0.717) is 5.54 Å².